The molecule has 0 unspecified atom stereocenters. The Morgan fingerprint density at radius 1 is 1.14 bits per heavy atom. The van der Waals surface area contributed by atoms with E-state index in [1.165, 1.54) is 23.5 Å². The maximum Gasteiger partial charge on any atom is 0.188 e. The highest BCUT2D eigenvalue weighted by Crippen LogP contribution is 2.32. The van der Waals surface area contributed by atoms with Gasteiger partial charge in [-0.05, 0) is 38.4 Å². The van der Waals surface area contributed by atoms with Crippen molar-refractivity contribution in [3.8, 4) is 17.2 Å². The average Bonchev–Trinajstić information content (AvgIpc) is 3.16. The second-order valence-electron chi connectivity index (χ2n) is 6.48. The number of rotatable bonds is 9. The van der Waals surface area contributed by atoms with Crippen LogP contribution in [0.3, 0.4) is 0 Å². The molecule has 0 saturated carbocycles. The Kier molecular flexibility index (Phi) is 6.68. The van der Waals surface area contributed by atoms with Gasteiger partial charge in [-0.15, -0.1) is 11.3 Å². The van der Waals surface area contributed by atoms with Crippen molar-refractivity contribution >= 4 is 32.1 Å². The minimum Gasteiger partial charge on any atom is -0.488 e. The molecule has 0 radical (unpaired) electrons. The molecular formula is C19H22N4O4S2. The standard InChI is InChI=1S/C19H22N4O4S2/c1-23(2)9-10-26-17-12-15(13-21-18(17)22-19-20-8-11-28-19)27-14-4-6-16(7-5-14)29(3,24)25/h4-8,11-13H,9-10H2,1-3H3,(H,20,21,22). The van der Waals surface area contributed by atoms with Gasteiger partial charge >= 0.3 is 0 Å². The highest BCUT2D eigenvalue weighted by Gasteiger charge is 2.12. The molecule has 0 spiro atoms. The van der Waals surface area contributed by atoms with Crippen LogP contribution in [0.5, 0.6) is 17.2 Å². The fourth-order valence-corrected chi connectivity index (χ4v) is 3.46. The topological polar surface area (TPSA) is 93.7 Å². The molecule has 1 aromatic carbocycles. The second kappa shape index (κ2) is 9.21. The average molecular weight is 435 g/mol. The summed E-state index contributed by atoms with van der Waals surface area (Å²) in [6, 6.07) is 7.95. The number of likely N-dealkylation sites (N-methyl/N-ethyl adjacent to an activating group) is 1. The molecule has 0 bridgehead atoms. The summed E-state index contributed by atoms with van der Waals surface area (Å²) in [5, 5.41) is 5.72. The third kappa shape index (κ3) is 6.14. The van der Waals surface area contributed by atoms with E-state index in [0.29, 0.717) is 34.8 Å². The first-order chi connectivity index (χ1) is 13.8. The molecule has 2 heterocycles. The summed E-state index contributed by atoms with van der Waals surface area (Å²) in [6.45, 7) is 1.22. The van der Waals surface area contributed by atoms with Crippen LogP contribution in [0.4, 0.5) is 10.9 Å². The number of nitrogens with zero attached hydrogens (tertiary/aromatic N) is 3. The van der Waals surface area contributed by atoms with E-state index in [9.17, 15) is 8.42 Å². The molecule has 10 heteroatoms. The number of thiazole rings is 1. The molecule has 0 amide bonds. The third-order valence-corrected chi connectivity index (χ3v) is 5.59. The van der Waals surface area contributed by atoms with E-state index in [-0.39, 0.29) is 4.90 Å². The second-order valence-corrected chi connectivity index (χ2v) is 9.39. The van der Waals surface area contributed by atoms with Gasteiger partial charge in [0.05, 0.1) is 11.1 Å². The molecule has 29 heavy (non-hydrogen) atoms. The van der Waals surface area contributed by atoms with Crippen molar-refractivity contribution in [1.29, 1.82) is 0 Å². The highest BCUT2D eigenvalue weighted by molar-refractivity contribution is 7.90. The van der Waals surface area contributed by atoms with Crippen molar-refractivity contribution in [2.24, 2.45) is 0 Å². The molecule has 154 valence electrons. The van der Waals surface area contributed by atoms with E-state index in [0.717, 1.165) is 12.8 Å². The van der Waals surface area contributed by atoms with Gasteiger partial charge in [0.25, 0.3) is 0 Å². The van der Waals surface area contributed by atoms with Gasteiger partial charge in [-0.2, -0.15) is 0 Å². The number of pyridine rings is 1. The van der Waals surface area contributed by atoms with E-state index in [1.54, 1.807) is 30.6 Å². The number of sulfone groups is 1. The van der Waals surface area contributed by atoms with Crippen LogP contribution >= 0.6 is 11.3 Å². The number of anilines is 2. The van der Waals surface area contributed by atoms with Gasteiger partial charge in [-0.3, -0.25) is 0 Å². The zero-order valence-corrected chi connectivity index (χ0v) is 18.0. The number of aromatic nitrogens is 2. The first-order valence-corrected chi connectivity index (χ1v) is 11.5. The molecule has 2 aromatic heterocycles. The van der Waals surface area contributed by atoms with Gasteiger partial charge in [0.1, 0.15) is 18.1 Å². The summed E-state index contributed by atoms with van der Waals surface area (Å²) in [5.74, 6) is 2.05. The summed E-state index contributed by atoms with van der Waals surface area (Å²) in [7, 11) is 0.684. The van der Waals surface area contributed by atoms with Gasteiger partial charge in [0.2, 0.25) is 0 Å². The number of benzene rings is 1. The fourth-order valence-electron chi connectivity index (χ4n) is 2.30. The van der Waals surface area contributed by atoms with E-state index in [2.05, 4.69) is 15.3 Å². The molecule has 0 aliphatic heterocycles. The number of ether oxygens (including phenoxy) is 2. The monoisotopic (exact) mass is 434 g/mol. The van der Waals surface area contributed by atoms with Crippen molar-refractivity contribution in [2.45, 2.75) is 4.90 Å². The smallest absolute Gasteiger partial charge is 0.188 e. The quantitative estimate of drug-likeness (QED) is 0.548. The van der Waals surface area contributed by atoms with Crippen LogP contribution < -0.4 is 14.8 Å². The molecular weight excluding hydrogens is 412 g/mol. The maximum atomic E-state index is 11.6. The number of hydrogen-bond donors (Lipinski definition) is 1. The van der Waals surface area contributed by atoms with Crippen LogP contribution in [0.25, 0.3) is 0 Å². The lowest BCUT2D eigenvalue weighted by Crippen LogP contribution is -2.19. The first kappa shape index (κ1) is 21.0. The largest absolute Gasteiger partial charge is 0.488 e. The van der Waals surface area contributed by atoms with Crippen molar-refractivity contribution < 1.29 is 17.9 Å². The Bertz CT molecular complexity index is 1040. The summed E-state index contributed by atoms with van der Waals surface area (Å²) < 4.78 is 34.9. The van der Waals surface area contributed by atoms with Gasteiger partial charge in [0.15, 0.2) is 26.5 Å². The summed E-state index contributed by atoms with van der Waals surface area (Å²) >= 11 is 1.46. The lowest BCUT2D eigenvalue weighted by Gasteiger charge is -2.15. The maximum absolute atomic E-state index is 11.6. The summed E-state index contributed by atoms with van der Waals surface area (Å²) in [6.07, 6.45) is 4.44. The Morgan fingerprint density at radius 3 is 2.52 bits per heavy atom. The van der Waals surface area contributed by atoms with E-state index in [1.807, 2.05) is 24.4 Å². The lowest BCUT2D eigenvalue weighted by atomic mass is 10.3. The zero-order chi connectivity index (χ0) is 20.9. The predicted molar refractivity (Wildman–Crippen MR) is 113 cm³/mol. The Labute approximate surface area is 174 Å². The van der Waals surface area contributed by atoms with E-state index < -0.39 is 9.84 Å². The van der Waals surface area contributed by atoms with Crippen molar-refractivity contribution in [2.75, 3.05) is 38.8 Å². The van der Waals surface area contributed by atoms with Crippen LogP contribution in [-0.4, -0.2) is 56.8 Å². The molecule has 3 rings (SSSR count). The van der Waals surface area contributed by atoms with E-state index in [4.69, 9.17) is 9.47 Å². The molecule has 0 atom stereocenters. The zero-order valence-electron chi connectivity index (χ0n) is 16.3. The van der Waals surface area contributed by atoms with Crippen LogP contribution in [0.15, 0.2) is 53.0 Å². The third-order valence-electron chi connectivity index (χ3n) is 3.77. The minimum absolute atomic E-state index is 0.235. The molecule has 0 aliphatic carbocycles. The predicted octanol–water partition coefficient (Wildman–Crippen LogP) is 3.42. The van der Waals surface area contributed by atoms with Gasteiger partial charge in [-0.25, -0.2) is 18.4 Å². The van der Waals surface area contributed by atoms with Gasteiger partial charge in [0, 0.05) is 30.4 Å². The van der Waals surface area contributed by atoms with Crippen LogP contribution in [0.1, 0.15) is 0 Å². The van der Waals surface area contributed by atoms with Crippen LogP contribution in [0.2, 0.25) is 0 Å². The molecule has 0 fully saturated rings. The van der Waals surface area contributed by atoms with Crippen molar-refractivity contribution in [3.05, 3.63) is 48.1 Å². The van der Waals surface area contributed by atoms with E-state index >= 15 is 0 Å². The summed E-state index contributed by atoms with van der Waals surface area (Å²) in [5.41, 5.74) is 0. The van der Waals surface area contributed by atoms with Gasteiger partial charge in [-0.1, -0.05) is 0 Å². The molecule has 1 N–H and O–H groups in total. The molecule has 0 saturated heterocycles. The molecule has 3 aromatic rings. The Morgan fingerprint density at radius 2 is 1.90 bits per heavy atom. The Balaban J connectivity index is 1.79. The van der Waals surface area contributed by atoms with Gasteiger partial charge < -0.3 is 19.7 Å². The first-order valence-electron chi connectivity index (χ1n) is 8.73. The number of hydrogen-bond acceptors (Lipinski definition) is 9. The minimum atomic E-state index is -3.25. The molecule has 8 nitrogen and oxygen atoms in total. The SMILES string of the molecule is CN(C)CCOc1cc(Oc2ccc(S(C)(=O)=O)cc2)cnc1Nc1nccs1. The summed E-state index contributed by atoms with van der Waals surface area (Å²) in [4.78, 5) is 10.9. The normalized spacial score (nSPS) is 11.4. The van der Waals surface area contributed by atoms with Crippen molar-refractivity contribution in [3.63, 3.8) is 0 Å². The van der Waals surface area contributed by atoms with Crippen LogP contribution in [-0.2, 0) is 9.84 Å². The highest BCUT2D eigenvalue weighted by atomic mass is 32.2. The van der Waals surface area contributed by atoms with Crippen molar-refractivity contribution in [1.82, 2.24) is 14.9 Å². The lowest BCUT2D eigenvalue weighted by molar-refractivity contribution is 0.261. The Hall–Kier alpha value is -2.69. The fraction of sp³-hybridized carbons (Fsp3) is 0.263. The molecule has 0 aliphatic rings. The number of nitrogens with one attached hydrogen (secondary N) is 1. The van der Waals surface area contributed by atoms with Crippen LogP contribution in [0, 0.1) is 0 Å².